The van der Waals surface area contributed by atoms with E-state index < -0.39 is 0 Å². The summed E-state index contributed by atoms with van der Waals surface area (Å²) in [6, 6.07) is 10.5. The SMILES string of the molecule is CCCCCOc1cnc(OCC(C)CC)nc1-c1ccccc1. The maximum Gasteiger partial charge on any atom is 0.317 e. The summed E-state index contributed by atoms with van der Waals surface area (Å²) in [4.78, 5) is 8.90. The molecule has 0 fully saturated rings. The average Bonchev–Trinajstić information content (AvgIpc) is 2.64. The first kappa shape index (κ1) is 18.2. The smallest absolute Gasteiger partial charge is 0.317 e. The van der Waals surface area contributed by atoms with Gasteiger partial charge in [-0.05, 0) is 12.3 Å². The van der Waals surface area contributed by atoms with Crippen molar-refractivity contribution in [1.29, 1.82) is 0 Å². The van der Waals surface area contributed by atoms with E-state index in [0.29, 0.717) is 30.9 Å². The molecule has 0 aliphatic rings. The van der Waals surface area contributed by atoms with Gasteiger partial charge in [0.2, 0.25) is 0 Å². The normalized spacial score (nSPS) is 12.0. The highest BCUT2D eigenvalue weighted by Crippen LogP contribution is 2.29. The second-order valence-corrected chi connectivity index (χ2v) is 6.11. The first-order valence-corrected chi connectivity index (χ1v) is 8.92. The molecule has 0 saturated heterocycles. The topological polar surface area (TPSA) is 44.2 Å². The Balaban J connectivity index is 2.17. The largest absolute Gasteiger partial charge is 0.490 e. The van der Waals surface area contributed by atoms with Crippen LogP contribution in [0.4, 0.5) is 0 Å². The van der Waals surface area contributed by atoms with E-state index in [9.17, 15) is 0 Å². The van der Waals surface area contributed by atoms with Crippen LogP contribution in [0.2, 0.25) is 0 Å². The van der Waals surface area contributed by atoms with E-state index >= 15 is 0 Å². The van der Waals surface area contributed by atoms with Crippen LogP contribution in [0.1, 0.15) is 46.5 Å². The molecule has 0 bridgehead atoms. The van der Waals surface area contributed by atoms with E-state index in [0.717, 1.165) is 30.5 Å². The molecule has 0 saturated carbocycles. The monoisotopic (exact) mass is 328 g/mol. The van der Waals surface area contributed by atoms with Crippen molar-refractivity contribution in [1.82, 2.24) is 9.97 Å². The number of rotatable bonds is 10. The Kier molecular flexibility index (Phi) is 7.53. The molecular formula is C20H28N2O2. The van der Waals surface area contributed by atoms with E-state index in [1.54, 1.807) is 6.20 Å². The molecule has 1 unspecified atom stereocenters. The van der Waals surface area contributed by atoms with E-state index in [-0.39, 0.29) is 0 Å². The summed E-state index contributed by atoms with van der Waals surface area (Å²) >= 11 is 0. The molecule has 0 aliphatic heterocycles. The Morgan fingerprint density at radius 2 is 1.83 bits per heavy atom. The fraction of sp³-hybridized carbons (Fsp3) is 0.500. The molecule has 0 N–H and O–H groups in total. The van der Waals surface area contributed by atoms with Crippen LogP contribution in [0.15, 0.2) is 36.5 Å². The van der Waals surface area contributed by atoms with Crippen LogP contribution in [0, 0.1) is 5.92 Å². The molecule has 4 heteroatoms. The van der Waals surface area contributed by atoms with Crippen molar-refractivity contribution in [3.8, 4) is 23.0 Å². The number of aromatic nitrogens is 2. The summed E-state index contributed by atoms with van der Waals surface area (Å²) in [7, 11) is 0. The molecule has 0 radical (unpaired) electrons. The summed E-state index contributed by atoms with van der Waals surface area (Å²) in [6.07, 6.45) is 6.18. The van der Waals surface area contributed by atoms with Crippen molar-refractivity contribution in [3.05, 3.63) is 36.5 Å². The van der Waals surface area contributed by atoms with E-state index in [1.165, 1.54) is 6.42 Å². The lowest BCUT2D eigenvalue weighted by Gasteiger charge is -2.13. The standard InChI is InChI=1S/C20H28N2O2/c1-4-6-10-13-23-18-14-21-20(24-15-16(3)5-2)22-19(18)17-11-8-7-9-12-17/h7-9,11-12,14,16H,4-6,10,13,15H2,1-3H3. The molecule has 0 amide bonds. The Morgan fingerprint density at radius 1 is 1.04 bits per heavy atom. The summed E-state index contributed by atoms with van der Waals surface area (Å²) < 4.78 is 11.7. The molecule has 1 atom stereocenters. The lowest BCUT2D eigenvalue weighted by molar-refractivity contribution is 0.236. The zero-order valence-corrected chi connectivity index (χ0v) is 15.0. The van der Waals surface area contributed by atoms with Crippen molar-refractivity contribution in [2.45, 2.75) is 46.5 Å². The highest BCUT2D eigenvalue weighted by Gasteiger charge is 2.12. The highest BCUT2D eigenvalue weighted by atomic mass is 16.5. The molecule has 2 aromatic rings. The van der Waals surface area contributed by atoms with Crippen LogP contribution in [-0.2, 0) is 0 Å². The van der Waals surface area contributed by atoms with Crippen LogP contribution < -0.4 is 9.47 Å². The lowest BCUT2D eigenvalue weighted by atomic mass is 10.1. The summed E-state index contributed by atoms with van der Waals surface area (Å²) in [5.41, 5.74) is 1.81. The fourth-order valence-electron chi connectivity index (χ4n) is 2.20. The molecular weight excluding hydrogens is 300 g/mol. The Bertz CT molecular complexity index is 602. The van der Waals surface area contributed by atoms with Gasteiger partial charge in [0, 0.05) is 5.56 Å². The predicted molar refractivity (Wildman–Crippen MR) is 97.4 cm³/mol. The van der Waals surface area contributed by atoms with Crippen LogP contribution >= 0.6 is 0 Å². The number of nitrogens with zero attached hydrogens (tertiary/aromatic N) is 2. The second-order valence-electron chi connectivity index (χ2n) is 6.11. The molecule has 0 aliphatic carbocycles. The van der Waals surface area contributed by atoms with Gasteiger partial charge < -0.3 is 9.47 Å². The van der Waals surface area contributed by atoms with Crippen molar-refractivity contribution in [2.24, 2.45) is 5.92 Å². The second kappa shape index (κ2) is 9.91. The van der Waals surface area contributed by atoms with Gasteiger partial charge in [-0.15, -0.1) is 0 Å². The van der Waals surface area contributed by atoms with Gasteiger partial charge in [0.1, 0.15) is 5.69 Å². The van der Waals surface area contributed by atoms with Gasteiger partial charge in [-0.1, -0.05) is 70.4 Å². The van der Waals surface area contributed by atoms with Crippen molar-refractivity contribution in [3.63, 3.8) is 0 Å². The van der Waals surface area contributed by atoms with Gasteiger partial charge in [-0.2, -0.15) is 9.97 Å². The minimum Gasteiger partial charge on any atom is -0.490 e. The Labute approximate surface area is 145 Å². The first-order valence-electron chi connectivity index (χ1n) is 8.92. The first-order chi connectivity index (χ1) is 11.7. The molecule has 130 valence electrons. The van der Waals surface area contributed by atoms with Crippen LogP contribution in [0.5, 0.6) is 11.8 Å². The fourth-order valence-corrected chi connectivity index (χ4v) is 2.20. The summed E-state index contributed by atoms with van der Waals surface area (Å²) in [6.45, 7) is 7.80. The quantitative estimate of drug-likeness (QED) is 0.567. The van der Waals surface area contributed by atoms with Gasteiger partial charge >= 0.3 is 6.01 Å². The third kappa shape index (κ3) is 5.52. The van der Waals surface area contributed by atoms with E-state index in [4.69, 9.17) is 9.47 Å². The molecule has 1 heterocycles. The maximum atomic E-state index is 5.91. The van der Waals surface area contributed by atoms with Gasteiger partial charge in [0.25, 0.3) is 0 Å². The van der Waals surface area contributed by atoms with E-state index in [2.05, 4.69) is 30.7 Å². The number of hydrogen-bond donors (Lipinski definition) is 0. The van der Waals surface area contributed by atoms with Crippen molar-refractivity contribution >= 4 is 0 Å². The average molecular weight is 328 g/mol. The lowest BCUT2D eigenvalue weighted by Crippen LogP contribution is -2.10. The number of ether oxygens (including phenoxy) is 2. The van der Waals surface area contributed by atoms with Crippen LogP contribution in [0.25, 0.3) is 11.3 Å². The zero-order chi connectivity index (χ0) is 17.2. The number of unbranched alkanes of at least 4 members (excludes halogenated alkanes) is 2. The number of hydrogen-bond acceptors (Lipinski definition) is 4. The minimum atomic E-state index is 0.412. The highest BCUT2D eigenvalue weighted by molar-refractivity contribution is 5.65. The minimum absolute atomic E-state index is 0.412. The molecule has 4 nitrogen and oxygen atoms in total. The van der Waals surface area contributed by atoms with Gasteiger partial charge in [0.05, 0.1) is 19.4 Å². The zero-order valence-electron chi connectivity index (χ0n) is 15.0. The molecule has 24 heavy (non-hydrogen) atoms. The van der Waals surface area contributed by atoms with Crippen LogP contribution in [-0.4, -0.2) is 23.2 Å². The maximum absolute atomic E-state index is 5.91. The third-order valence-corrected chi connectivity index (χ3v) is 3.98. The summed E-state index contributed by atoms with van der Waals surface area (Å²) in [5, 5.41) is 0. The third-order valence-electron chi connectivity index (χ3n) is 3.98. The Hall–Kier alpha value is -2.10. The predicted octanol–water partition coefficient (Wildman–Crippen LogP) is 5.14. The molecule has 0 spiro atoms. The Morgan fingerprint density at radius 3 is 2.54 bits per heavy atom. The van der Waals surface area contributed by atoms with Gasteiger partial charge in [-0.25, -0.2) is 0 Å². The van der Waals surface area contributed by atoms with Gasteiger partial charge in [0.15, 0.2) is 5.75 Å². The summed E-state index contributed by atoms with van der Waals surface area (Å²) in [5.74, 6) is 1.20. The molecule has 1 aromatic heterocycles. The molecule has 1 aromatic carbocycles. The van der Waals surface area contributed by atoms with E-state index in [1.807, 2.05) is 30.3 Å². The van der Waals surface area contributed by atoms with Crippen LogP contribution in [0.3, 0.4) is 0 Å². The van der Waals surface area contributed by atoms with Gasteiger partial charge in [-0.3, -0.25) is 0 Å². The van der Waals surface area contributed by atoms with Crippen molar-refractivity contribution in [2.75, 3.05) is 13.2 Å². The van der Waals surface area contributed by atoms with Crippen molar-refractivity contribution < 1.29 is 9.47 Å². The molecule has 2 rings (SSSR count). The number of benzene rings is 1.